The Bertz CT molecular complexity index is 1120. The third kappa shape index (κ3) is 3.61. The molecule has 2 N–H and O–H groups in total. The highest BCUT2D eigenvalue weighted by Gasteiger charge is 2.34. The number of aromatic nitrogens is 4. The number of halogens is 1. The average Bonchev–Trinajstić information content (AvgIpc) is 3.14. The van der Waals surface area contributed by atoms with Gasteiger partial charge in [0.05, 0.1) is 17.2 Å². The molecule has 0 bridgehead atoms. The summed E-state index contributed by atoms with van der Waals surface area (Å²) in [6.07, 6.45) is 0. The van der Waals surface area contributed by atoms with Crippen LogP contribution in [0.3, 0.4) is 0 Å². The summed E-state index contributed by atoms with van der Waals surface area (Å²) in [5.74, 6) is 0.955. The molecular formula is C20H19BrN6O2. The Balaban J connectivity index is 1.77. The topological polar surface area (TPSA) is 94.0 Å². The van der Waals surface area contributed by atoms with E-state index in [1.54, 1.807) is 11.8 Å². The molecule has 29 heavy (non-hydrogen) atoms. The first-order valence-electron chi connectivity index (χ1n) is 8.95. The molecule has 0 saturated carbocycles. The Labute approximate surface area is 176 Å². The number of nitrogens with one attached hydrogen (secondary N) is 2. The van der Waals surface area contributed by atoms with Crippen molar-refractivity contribution in [3.05, 3.63) is 69.3 Å². The summed E-state index contributed by atoms with van der Waals surface area (Å²) in [6.45, 7) is 3.82. The van der Waals surface area contributed by atoms with Gasteiger partial charge in [-0.1, -0.05) is 23.3 Å². The molecule has 1 aromatic heterocycles. The fourth-order valence-electron chi connectivity index (χ4n) is 3.39. The largest absolute Gasteiger partial charge is 0.496 e. The molecule has 0 aliphatic carbocycles. The van der Waals surface area contributed by atoms with Gasteiger partial charge >= 0.3 is 0 Å². The van der Waals surface area contributed by atoms with Gasteiger partial charge in [-0.15, -0.1) is 0 Å². The summed E-state index contributed by atoms with van der Waals surface area (Å²) in [4.78, 5) is 13.3. The first-order chi connectivity index (χ1) is 14.0. The first-order valence-corrected chi connectivity index (χ1v) is 9.74. The normalized spacial score (nSPS) is 15.5. The Morgan fingerprint density at radius 3 is 2.79 bits per heavy atom. The van der Waals surface area contributed by atoms with E-state index in [1.165, 1.54) is 0 Å². The third-order valence-electron chi connectivity index (χ3n) is 4.73. The predicted molar refractivity (Wildman–Crippen MR) is 113 cm³/mol. The van der Waals surface area contributed by atoms with Crippen LogP contribution in [-0.2, 0) is 4.79 Å². The Hall–Kier alpha value is -3.20. The van der Waals surface area contributed by atoms with Crippen LogP contribution in [0.15, 0.2) is 58.2 Å². The molecule has 8 nitrogen and oxygen atoms in total. The van der Waals surface area contributed by atoms with Crippen LogP contribution in [-0.4, -0.2) is 33.2 Å². The molecule has 1 aliphatic rings. The maximum atomic E-state index is 13.3. The van der Waals surface area contributed by atoms with Gasteiger partial charge in [0.2, 0.25) is 5.95 Å². The molecule has 1 aliphatic heterocycles. The van der Waals surface area contributed by atoms with Crippen molar-refractivity contribution in [1.82, 2.24) is 20.2 Å². The van der Waals surface area contributed by atoms with Crippen molar-refractivity contribution in [3.63, 3.8) is 0 Å². The van der Waals surface area contributed by atoms with Crippen molar-refractivity contribution in [2.75, 3.05) is 17.7 Å². The first kappa shape index (κ1) is 19.1. The predicted octanol–water partition coefficient (Wildman–Crippen LogP) is 3.68. The highest BCUT2D eigenvalue weighted by atomic mass is 79.9. The summed E-state index contributed by atoms with van der Waals surface area (Å²) in [7, 11) is 1.61. The SMILES string of the molecule is COc1ccc(C2C(C(=O)Nc3cccc(C)c3)=C(C)Nc3nnnn32)cc1Br. The highest BCUT2D eigenvalue weighted by molar-refractivity contribution is 9.10. The fourth-order valence-corrected chi connectivity index (χ4v) is 3.95. The lowest BCUT2D eigenvalue weighted by atomic mass is 9.95. The lowest BCUT2D eigenvalue weighted by molar-refractivity contribution is -0.113. The van der Waals surface area contributed by atoms with Crippen molar-refractivity contribution in [2.24, 2.45) is 0 Å². The lowest BCUT2D eigenvalue weighted by Crippen LogP contribution is -2.31. The van der Waals surface area contributed by atoms with Gasteiger partial charge in [-0.25, -0.2) is 0 Å². The standard InChI is InChI=1S/C20H19BrN6O2/c1-11-5-4-6-14(9-11)23-19(28)17-12(2)22-20-24-25-26-27(20)18(17)13-7-8-16(29-3)15(21)10-13/h4-10,18H,1-3H3,(H,23,28)(H,22,24,26). The molecule has 148 valence electrons. The van der Waals surface area contributed by atoms with Crippen molar-refractivity contribution >= 4 is 33.5 Å². The minimum absolute atomic E-state index is 0.223. The van der Waals surface area contributed by atoms with E-state index < -0.39 is 6.04 Å². The molecule has 1 atom stereocenters. The maximum Gasteiger partial charge on any atom is 0.255 e. The molecule has 0 fully saturated rings. The monoisotopic (exact) mass is 454 g/mol. The number of hydrogen-bond donors (Lipinski definition) is 2. The number of benzene rings is 2. The summed E-state index contributed by atoms with van der Waals surface area (Å²) in [5.41, 5.74) is 3.86. The van der Waals surface area contributed by atoms with Gasteiger partial charge in [0.1, 0.15) is 11.8 Å². The van der Waals surface area contributed by atoms with Gasteiger partial charge in [0.15, 0.2) is 0 Å². The molecule has 3 aromatic rings. The second kappa shape index (κ2) is 7.67. The molecule has 4 rings (SSSR count). The van der Waals surface area contributed by atoms with Crippen LogP contribution in [0.25, 0.3) is 0 Å². The van der Waals surface area contributed by atoms with E-state index >= 15 is 0 Å². The van der Waals surface area contributed by atoms with Crippen molar-refractivity contribution in [2.45, 2.75) is 19.9 Å². The number of fused-ring (bicyclic) bond motifs is 1. The van der Waals surface area contributed by atoms with Gasteiger partial charge in [-0.2, -0.15) is 4.68 Å². The van der Waals surface area contributed by atoms with Crippen molar-refractivity contribution in [1.29, 1.82) is 0 Å². The van der Waals surface area contributed by atoms with E-state index in [1.807, 2.05) is 56.3 Å². The van der Waals surface area contributed by atoms with E-state index in [4.69, 9.17) is 4.74 Å². The quantitative estimate of drug-likeness (QED) is 0.624. The zero-order valence-corrected chi connectivity index (χ0v) is 17.7. The molecule has 1 unspecified atom stereocenters. The molecule has 2 aromatic carbocycles. The maximum absolute atomic E-state index is 13.3. The minimum atomic E-state index is -0.492. The Morgan fingerprint density at radius 2 is 2.07 bits per heavy atom. The van der Waals surface area contributed by atoms with E-state index in [0.29, 0.717) is 23.0 Å². The van der Waals surface area contributed by atoms with Gasteiger partial charge in [-0.3, -0.25) is 4.79 Å². The second-order valence-corrected chi connectivity index (χ2v) is 7.59. The Kier molecular flexibility index (Phi) is 5.06. The van der Waals surface area contributed by atoms with Gasteiger partial charge in [-0.05, 0) is 75.6 Å². The molecule has 0 saturated heterocycles. The second-order valence-electron chi connectivity index (χ2n) is 6.73. The highest BCUT2D eigenvalue weighted by Crippen LogP contribution is 2.37. The Morgan fingerprint density at radius 1 is 1.24 bits per heavy atom. The number of ether oxygens (including phenoxy) is 1. The van der Waals surface area contributed by atoms with Crippen LogP contribution in [0.2, 0.25) is 0 Å². The number of hydrogen-bond acceptors (Lipinski definition) is 6. The third-order valence-corrected chi connectivity index (χ3v) is 5.35. The average molecular weight is 455 g/mol. The number of aryl methyl sites for hydroxylation is 1. The molecular weight excluding hydrogens is 436 g/mol. The van der Waals surface area contributed by atoms with Crippen LogP contribution in [0.5, 0.6) is 5.75 Å². The molecule has 9 heteroatoms. The summed E-state index contributed by atoms with van der Waals surface area (Å²) in [6, 6.07) is 12.8. The van der Waals surface area contributed by atoms with E-state index in [9.17, 15) is 4.79 Å². The number of amides is 1. The number of methoxy groups -OCH3 is 1. The summed E-state index contributed by atoms with van der Waals surface area (Å²) in [5, 5.41) is 18.0. The van der Waals surface area contributed by atoms with Crippen molar-refractivity contribution in [3.8, 4) is 5.75 Å². The lowest BCUT2D eigenvalue weighted by Gasteiger charge is -2.28. The van der Waals surface area contributed by atoms with Crippen LogP contribution in [0, 0.1) is 6.92 Å². The number of rotatable bonds is 4. The van der Waals surface area contributed by atoms with Crippen molar-refractivity contribution < 1.29 is 9.53 Å². The van der Waals surface area contributed by atoms with E-state index in [-0.39, 0.29) is 5.91 Å². The number of nitrogens with zero attached hydrogens (tertiary/aromatic N) is 4. The number of carbonyl (C=O) groups is 1. The smallest absolute Gasteiger partial charge is 0.255 e. The molecule has 1 amide bonds. The zero-order valence-electron chi connectivity index (χ0n) is 16.1. The fraction of sp³-hybridized carbons (Fsp3) is 0.200. The van der Waals surface area contributed by atoms with Gasteiger partial charge in [0, 0.05) is 11.4 Å². The molecule has 2 heterocycles. The van der Waals surface area contributed by atoms with Gasteiger partial charge < -0.3 is 15.4 Å². The summed E-state index contributed by atoms with van der Waals surface area (Å²) >= 11 is 3.52. The van der Waals surface area contributed by atoms with E-state index in [2.05, 4.69) is 42.1 Å². The van der Waals surface area contributed by atoms with Crippen LogP contribution >= 0.6 is 15.9 Å². The number of carbonyl (C=O) groups excluding carboxylic acids is 1. The zero-order chi connectivity index (χ0) is 20.5. The summed E-state index contributed by atoms with van der Waals surface area (Å²) < 4.78 is 7.71. The van der Waals surface area contributed by atoms with Gasteiger partial charge in [0.25, 0.3) is 5.91 Å². The van der Waals surface area contributed by atoms with Crippen LogP contribution in [0.4, 0.5) is 11.6 Å². The van der Waals surface area contributed by atoms with E-state index in [0.717, 1.165) is 21.3 Å². The number of anilines is 2. The molecule has 0 spiro atoms. The molecule has 0 radical (unpaired) electrons. The number of tetrazole rings is 1. The van der Waals surface area contributed by atoms with Crippen LogP contribution < -0.4 is 15.4 Å². The minimum Gasteiger partial charge on any atom is -0.496 e. The number of allylic oxidation sites excluding steroid dienone is 1. The van der Waals surface area contributed by atoms with Crippen LogP contribution in [0.1, 0.15) is 24.1 Å².